The van der Waals surface area contributed by atoms with Gasteiger partial charge in [0.2, 0.25) is 0 Å². The number of aryl methyl sites for hydroxylation is 1. The monoisotopic (exact) mass is 463 g/mol. The number of fused-ring (bicyclic) bond motifs is 1. The number of rotatable bonds is 6. The van der Waals surface area contributed by atoms with E-state index in [1.54, 1.807) is 18.5 Å². The minimum absolute atomic E-state index is 0.352. The molecular formula is C27H25N7O. The fourth-order valence-corrected chi connectivity index (χ4v) is 4.46. The molecule has 0 spiro atoms. The zero-order chi connectivity index (χ0) is 23.6. The molecule has 5 aromatic rings. The van der Waals surface area contributed by atoms with Gasteiger partial charge in [-0.25, -0.2) is 19.6 Å². The summed E-state index contributed by atoms with van der Waals surface area (Å²) in [5, 5.41) is 4.56. The van der Waals surface area contributed by atoms with E-state index in [1.807, 2.05) is 41.2 Å². The second kappa shape index (κ2) is 9.15. The summed E-state index contributed by atoms with van der Waals surface area (Å²) in [6.45, 7) is 5.68. The van der Waals surface area contributed by atoms with Crippen molar-refractivity contribution < 1.29 is 4.74 Å². The van der Waals surface area contributed by atoms with Gasteiger partial charge in [0.25, 0.3) is 0 Å². The molecule has 1 aliphatic rings. The average Bonchev–Trinajstić information content (AvgIpc) is 3.51. The quantitative estimate of drug-likeness (QED) is 0.365. The molecule has 8 nitrogen and oxygen atoms in total. The normalized spacial score (nSPS) is 13.5. The predicted octanol–water partition coefficient (Wildman–Crippen LogP) is 4.64. The lowest BCUT2D eigenvalue weighted by molar-refractivity contribution is 0.213. The Labute approximate surface area is 203 Å². The second-order valence-corrected chi connectivity index (χ2v) is 8.62. The van der Waals surface area contributed by atoms with Gasteiger partial charge in [-0.15, -0.1) is 0 Å². The molecule has 0 unspecified atom stereocenters. The first-order chi connectivity index (χ1) is 17.2. The summed E-state index contributed by atoms with van der Waals surface area (Å²) in [7, 11) is 0. The van der Waals surface area contributed by atoms with E-state index in [0.717, 1.165) is 54.7 Å². The molecule has 4 heterocycles. The van der Waals surface area contributed by atoms with Crippen LogP contribution in [0.15, 0.2) is 85.5 Å². The van der Waals surface area contributed by atoms with Crippen molar-refractivity contribution in [2.75, 3.05) is 6.54 Å². The molecule has 0 saturated heterocycles. The van der Waals surface area contributed by atoms with Gasteiger partial charge < -0.3 is 9.30 Å². The molecular weight excluding hydrogens is 438 g/mol. The first-order valence-corrected chi connectivity index (χ1v) is 11.7. The molecule has 6 rings (SSSR count). The molecule has 0 N–H and O–H groups in total. The van der Waals surface area contributed by atoms with E-state index in [1.165, 1.54) is 11.3 Å². The number of hydrogen-bond donors (Lipinski definition) is 0. The van der Waals surface area contributed by atoms with Gasteiger partial charge in [0.1, 0.15) is 11.6 Å². The lowest BCUT2D eigenvalue weighted by Gasteiger charge is -2.29. The summed E-state index contributed by atoms with van der Waals surface area (Å²) in [4.78, 5) is 15.6. The highest BCUT2D eigenvalue weighted by molar-refractivity contribution is 5.56. The van der Waals surface area contributed by atoms with Crippen LogP contribution in [-0.4, -0.2) is 40.7 Å². The molecule has 2 aromatic carbocycles. The highest BCUT2D eigenvalue weighted by Gasteiger charge is 2.24. The predicted molar refractivity (Wildman–Crippen MR) is 132 cm³/mol. The molecule has 0 bridgehead atoms. The lowest BCUT2D eigenvalue weighted by Crippen LogP contribution is -2.33. The summed E-state index contributed by atoms with van der Waals surface area (Å²) in [5.41, 5.74) is 5.65. The zero-order valence-electron chi connectivity index (χ0n) is 19.5. The van der Waals surface area contributed by atoms with E-state index in [9.17, 15) is 0 Å². The fraction of sp³-hybridized carbons (Fsp3) is 0.185. The minimum Gasteiger partial charge on any atom is -0.424 e. The van der Waals surface area contributed by atoms with E-state index in [2.05, 4.69) is 61.9 Å². The molecule has 35 heavy (non-hydrogen) atoms. The van der Waals surface area contributed by atoms with Crippen LogP contribution >= 0.6 is 0 Å². The van der Waals surface area contributed by atoms with Crippen LogP contribution in [0.1, 0.15) is 17.0 Å². The third kappa shape index (κ3) is 4.43. The smallest absolute Gasteiger partial charge is 0.321 e. The highest BCUT2D eigenvalue weighted by atomic mass is 16.5. The van der Waals surface area contributed by atoms with E-state index in [4.69, 9.17) is 9.72 Å². The molecule has 174 valence electrons. The van der Waals surface area contributed by atoms with Gasteiger partial charge in [-0.05, 0) is 42.8 Å². The fourth-order valence-electron chi connectivity index (χ4n) is 4.46. The molecule has 0 aliphatic carbocycles. The first kappa shape index (κ1) is 21.2. The number of hydrogen-bond acceptors (Lipinski definition) is 6. The Bertz CT molecular complexity index is 1430. The molecule has 0 radical (unpaired) electrons. The summed E-state index contributed by atoms with van der Waals surface area (Å²) in [6, 6.07) is 20.4. The van der Waals surface area contributed by atoms with Gasteiger partial charge in [-0.3, -0.25) is 4.90 Å². The van der Waals surface area contributed by atoms with E-state index < -0.39 is 0 Å². The second-order valence-electron chi connectivity index (χ2n) is 8.62. The van der Waals surface area contributed by atoms with E-state index in [-0.39, 0.29) is 0 Å². The van der Waals surface area contributed by atoms with Crippen LogP contribution in [-0.2, 0) is 19.6 Å². The van der Waals surface area contributed by atoms with Crippen molar-refractivity contribution >= 4 is 0 Å². The SMILES string of the molecule is Cc1nc(-c2cnn(-c3ccccc3)c2)n2c1CN(Cc1ccc(Oc3ncccn3)cc1)CC2. The lowest BCUT2D eigenvalue weighted by atomic mass is 10.1. The third-order valence-corrected chi connectivity index (χ3v) is 6.23. The van der Waals surface area contributed by atoms with Crippen molar-refractivity contribution in [3.8, 4) is 28.8 Å². The van der Waals surface area contributed by atoms with E-state index >= 15 is 0 Å². The van der Waals surface area contributed by atoms with Gasteiger partial charge in [0.15, 0.2) is 0 Å². The Hall–Kier alpha value is -4.30. The van der Waals surface area contributed by atoms with Crippen molar-refractivity contribution in [2.45, 2.75) is 26.6 Å². The van der Waals surface area contributed by atoms with E-state index in [0.29, 0.717) is 6.01 Å². The molecule has 0 atom stereocenters. The van der Waals surface area contributed by atoms with Crippen LogP contribution in [0.5, 0.6) is 11.8 Å². The van der Waals surface area contributed by atoms with Gasteiger partial charge in [-0.2, -0.15) is 5.10 Å². The zero-order valence-corrected chi connectivity index (χ0v) is 19.5. The number of ether oxygens (including phenoxy) is 1. The average molecular weight is 464 g/mol. The number of benzene rings is 2. The Morgan fingerprint density at radius 1 is 0.914 bits per heavy atom. The third-order valence-electron chi connectivity index (χ3n) is 6.23. The minimum atomic E-state index is 0.352. The van der Waals surface area contributed by atoms with Crippen molar-refractivity contribution in [3.05, 3.63) is 102 Å². The molecule has 0 saturated carbocycles. The van der Waals surface area contributed by atoms with Gasteiger partial charge in [0, 0.05) is 44.8 Å². The largest absolute Gasteiger partial charge is 0.424 e. The maximum absolute atomic E-state index is 5.71. The van der Waals surface area contributed by atoms with Gasteiger partial charge in [0.05, 0.1) is 28.8 Å². The first-order valence-electron chi connectivity index (χ1n) is 11.7. The Kier molecular flexibility index (Phi) is 5.56. The molecule has 0 fully saturated rings. The summed E-state index contributed by atoms with van der Waals surface area (Å²) in [6.07, 6.45) is 7.29. The number of para-hydroxylation sites is 1. The maximum Gasteiger partial charge on any atom is 0.321 e. The van der Waals surface area contributed by atoms with Gasteiger partial charge >= 0.3 is 6.01 Å². The van der Waals surface area contributed by atoms with Crippen molar-refractivity contribution in [1.82, 2.24) is 34.2 Å². The molecule has 0 amide bonds. The summed E-state index contributed by atoms with van der Waals surface area (Å²) >= 11 is 0. The molecule has 1 aliphatic heterocycles. The van der Waals surface area contributed by atoms with Crippen LogP contribution in [0.3, 0.4) is 0 Å². The molecule has 3 aromatic heterocycles. The van der Waals surface area contributed by atoms with Crippen molar-refractivity contribution in [3.63, 3.8) is 0 Å². The van der Waals surface area contributed by atoms with Crippen LogP contribution in [0.4, 0.5) is 0 Å². The maximum atomic E-state index is 5.71. The number of nitrogens with zero attached hydrogens (tertiary/aromatic N) is 7. The van der Waals surface area contributed by atoms with Crippen molar-refractivity contribution in [2.24, 2.45) is 0 Å². The van der Waals surface area contributed by atoms with Crippen molar-refractivity contribution in [1.29, 1.82) is 0 Å². The summed E-state index contributed by atoms with van der Waals surface area (Å²) < 4.78 is 9.95. The molecule has 8 heteroatoms. The Morgan fingerprint density at radius 2 is 1.71 bits per heavy atom. The number of aromatic nitrogens is 6. The van der Waals surface area contributed by atoms with Crippen LogP contribution in [0.25, 0.3) is 17.1 Å². The Balaban J connectivity index is 1.15. The Morgan fingerprint density at radius 3 is 2.51 bits per heavy atom. The van der Waals surface area contributed by atoms with Crippen LogP contribution in [0.2, 0.25) is 0 Å². The number of imidazole rings is 1. The van der Waals surface area contributed by atoms with Crippen LogP contribution < -0.4 is 4.74 Å². The van der Waals surface area contributed by atoms with Crippen LogP contribution in [0, 0.1) is 6.92 Å². The van der Waals surface area contributed by atoms with Gasteiger partial charge in [-0.1, -0.05) is 30.3 Å². The standard InChI is InChI=1S/C27H25N7O/c1-20-25-19-32(17-21-8-10-24(11-9-21)35-27-28-12-5-13-29-27)14-15-33(25)26(31-20)22-16-30-34(18-22)23-6-3-2-4-7-23/h2-13,16,18H,14-15,17,19H2,1H3. The summed E-state index contributed by atoms with van der Waals surface area (Å²) in [5.74, 6) is 1.72. The highest BCUT2D eigenvalue weighted by Crippen LogP contribution is 2.27. The topological polar surface area (TPSA) is 73.9 Å².